The lowest BCUT2D eigenvalue weighted by molar-refractivity contribution is 0.0543. The summed E-state index contributed by atoms with van der Waals surface area (Å²) in [6.45, 7) is 12.4. The molecule has 124 valence electrons. The number of hydrogen-bond donors (Lipinski definition) is 1. The van der Waals surface area contributed by atoms with E-state index in [9.17, 15) is 0 Å². The van der Waals surface area contributed by atoms with Crippen molar-refractivity contribution in [1.29, 1.82) is 0 Å². The van der Waals surface area contributed by atoms with Gasteiger partial charge in [0.05, 0.1) is 12.7 Å². The molecule has 1 saturated heterocycles. The zero-order valence-electron chi connectivity index (χ0n) is 14.4. The van der Waals surface area contributed by atoms with Crippen LogP contribution in [0.1, 0.15) is 45.1 Å². The van der Waals surface area contributed by atoms with E-state index in [0.717, 1.165) is 62.8 Å². The first-order chi connectivity index (χ1) is 10.6. The van der Waals surface area contributed by atoms with E-state index in [-0.39, 0.29) is 0 Å². The van der Waals surface area contributed by atoms with Gasteiger partial charge in [0.25, 0.3) is 0 Å². The average molecular weight is 306 g/mol. The Balaban J connectivity index is 1.76. The van der Waals surface area contributed by atoms with Crippen LogP contribution in [-0.4, -0.2) is 53.3 Å². The summed E-state index contributed by atoms with van der Waals surface area (Å²) in [6, 6.07) is 2.59. The summed E-state index contributed by atoms with van der Waals surface area (Å²) in [7, 11) is 0. The zero-order chi connectivity index (χ0) is 15.9. The van der Waals surface area contributed by atoms with E-state index in [1.807, 2.05) is 6.92 Å². The predicted molar refractivity (Wildman–Crippen MR) is 90.3 cm³/mol. The van der Waals surface area contributed by atoms with Gasteiger partial charge in [-0.2, -0.15) is 0 Å². The monoisotopic (exact) mass is 306 g/mol. The molecular weight excluding hydrogens is 276 g/mol. The SMILES string of the molecule is CCc1cc(NC2CCN(CCOC(C)C)CC2)nc(C)n1. The van der Waals surface area contributed by atoms with Crippen molar-refractivity contribution in [3.05, 3.63) is 17.6 Å². The maximum atomic E-state index is 5.63. The van der Waals surface area contributed by atoms with Crippen LogP contribution in [0.5, 0.6) is 0 Å². The number of rotatable bonds is 7. The number of likely N-dealkylation sites (tertiary alicyclic amines) is 1. The second-order valence-corrected chi connectivity index (χ2v) is 6.33. The third-order valence-corrected chi connectivity index (χ3v) is 4.05. The third-order valence-electron chi connectivity index (χ3n) is 4.05. The molecule has 2 rings (SSSR count). The fourth-order valence-corrected chi connectivity index (χ4v) is 2.81. The van der Waals surface area contributed by atoms with Crippen LogP contribution < -0.4 is 5.32 Å². The summed E-state index contributed by atoms with van der Waals surface area (Å²) < 4.78 is 5.63. The zero-order valence-corrected chi connectivity index (χ0v) is 14.4. The summed E-state index contributed by atoms with van der Waals surface area (Å²) in [5.41, 5.74) is 1.11. The van der Waals surface area contributed by atoms with E-state index in [2.05, 4.69) is 47.0 Å². The quantitative estimate of drug-likeness (QED) is 0.839. The van der Waals surface area contributed by atoms with Gasteiger partial charge in [0.1, 0.15) is 11.6 Å². The number of nitrogens with one attached hydrogen (secondary N) is 1. The van der Waals surface area contributed by atoms with E-state index in [0.29, 0.717) is 12.1 Å². The number of ether oxygens (including phenoxy) is 1. The molecule has 5 heteroatoms. The standard InChI is InChI=1S/C17H30N4O/c1-5-15-12-17(19-14(4)18-15)20-16-6-8-21(9-7-16)10-11-22-13(2)3/h12-13,16H,5-11H2,1-4H3,(H,18,19,20). The van der Waals surface area contributed by atoms with Crippen molar-refractivity contribution in [2.24, 2.45) is 0 Å². The van der Waals surface area contributed by atoms with Crippen molar-refractivity contribution in [2.45, 2.75) is 59.1 Å². The molecule has 1 aromatic rings. The van der Waals surface area contributed by atoms with Crippen LogP contribution in [0.3, 0.4) is 0 Å². The molecule has 1 aliphatic rings. The molecule has 1 aliphatic heterocycles. The van der Waals surface area contributed by atoms with Gasteiger partial charge in [-0.05, 0) is 40.0 Å². The van der Waals surface area contributed by atoms with E-state index in [1.165, 1.54) is 0 Å². The fraction of sp³-hybridized carbons (Fsp3) is 0.765. The van der Waals surface area contributed by atoms with E-state index in [4.69, 9.17) is 4.74 Å². The van der Waals surface area contributed by atoms with Gasteiger partial charge in [-0.25, -0.2) is 9.97 Å². The Bertz CT molecular complexity index is 456. The molecule has 0 spiro atoms. The van der Waals surface area contributed by atoms with Crippen LogP contribution >= 0.6 is 0 Å². The summed E-state index contributed by atoms with van der Waals surface area (Å²) >= 11 is 0. The highest BCUT2D eigenvalue weighted by Crippen LogP contribution is 2.16. The van der Waals surface area contributed by atoms with Crippen molar-refractivity contribution in [3.63, 3.8) is 0 Å². The van der Waals surface area contributed by atoms with Crippen molar-refractivity contribution in [2.75, 3.05) is 31.6 Å². The predicted octanol–water partition coefficient (Wildman–Crippen LogP) is 2.65. The first-order valence-electron chi connectivity index (χ1n) is 8.52. The van der Waals surface area contributed by atoms with E-state index >= 15 is 0 Å². The van der Waals surface area contributed by atoms with Crippen LogP contribution in [0, 0.1) is 6.92 Å². The van der Waals surface area contributed by atoms with Crippen LogP contribution in [0.15, 0.2) is 6.07 Å². The van der Waals surface area contributed by atoms with Crippen molar-refractivity contribution < 1.29 is 4.74 Å². The number of anilines is 1. The largest absolute Gasteiger partial charge is 0.377 e. The van der Waals surface area contributed by atoms with Crippen LogP contribution in [0.4, 0.5) is 5.82 Å². The average Bonchev–Trinajstić information content (AvgIpc) is 2.48. The first kappa shape index (κ1) is 17.2. The van der Waals surface area contributed by atoms with Crippen LogP contribution in [0.25, 0.3) is 0 Å². The Hall–Kier alpha value is -1.20. The lowest BCUT2D eigenvalue weighted by atomic mass is 10.1. The van der Waals surface area contributed by atoms with Gasteiger partial charge in [-0.1, -0.05) is 6.92 Å². The molecule has 0 aromatic carbocycles. The van der Waals surface area contributed by atoms with Crippen LogP contribution in [0.2, 0.25) is 0 Å². The summed E-state index contributed by atoms with van der Waals surface area (Å²) in [4.78, 5) is 11.4. The minimum absolute atomic E-state index is 0.327. The molecule has 1 N–H and O–H groups in total. The summed E-state index contributed by atoms with van der Waals surface area (Å²) in [5, 5.41) is 3.58. The topological polar surface area (TPSA) is 50.3 Å². The number of piperidine rings is 1. The van der Waals surface area contributed by atoms with Crippen molar-refractivity contribution >= 4 is 5.82 Å². The minimum atomic E-state index is 0.327. The smallest absolute Gasteiger partial charge is 0.130 e. The van der Waals surface area contributed by atoms with Crippen molar-refractivity contribution in [3.8, 4) is 0 Å². The number of nitrogens with zero attached hydrogens (tertiary/aromatic N) is 3. The molecule has 0 amide bonds. The Morgan fingerprint density at radius 3 is 2.68 bits per heavy atom. The number of aryl methyl sites for hydroxylation is 2. The molecule has 0 radical (unpaired) electrons. The van der Waals surface area contributed by atoms with Gasteiger partial charge in [0, 0.05) is 37.4 Å². The highest BCUT2D eigenvalue weighted by Gasteiger charge is 2.19. The molecule has 1 fully saturated rings. The lowest BCUT2D eigenvalue weighted by Gasteiger charge is -2.32. The van der Waals surface area contributed by atoms with E-state index in [1.54, 1.807) is 0 Å². The fourth-order valence-electron chi connectivity index (χ4n) is 2.81. The Labute approximate surface area is 134 Å². The Morgan fingerprint density at radius 1 is 1.32 bits per heavy atom. The second kappa shape index (κ2) is 8.44. The Morgan fingerprint density at radius 2 is 2.05 bits per heavy atom. The molecular formula is C17H30N4O. The van der Waals surface area contributed by atoms with Gasteiger partial charge < -0.3 is 15.0 Å². The molecule has 0 aliphatic carbocycles. The molecule has 22 heavy (non-hydrogen) atoms. The maximum absolute atomic E-state index is 5.63. The van der Waals surface area contributed by atoms with Gasteiger partial charge in [-0.15, -0.1) is 0 Å². The highest BCUT2D eigenvalue weighted by molar-refractivity contribution is 5.37. The normalized spacial score (nSPS) is 17.1. The molecule has 1 aromatic heterocycles. The van der Waals surface area contributed by atoms with E-state index < -0.39 is 0 Å². The molecule has 2 heterocycles. The van der Waals surface area contributed by atoms with Gasteiger partial charge >= 0.3 is 0 Å². The molecule has 0 unspecified atom stereocenters. The molecule has 0 atom stereocenters. The minimum Gasteiger partial charge on any atom is -0.377 e. The van der Waals surface area contributed by atoms with Gasteiger partial charge in [0.2, 0.25) is 0 Å². The van der Waals surface area contributed by atoms with Crippen molar-refractivity contribution in [1.82, 2.24) is 14.9 Å². The van der Waals surface area contributed by atoms with Gasteiger partial charge in [0.15, 0.2) is 0 Å². The first-order valence-corrected chi connectivity index (χ1v) is 8.52. The second-order valence-electron chi connectivity index (χ2n) is 6.33. The summed E-state index contributed by atoms with van der Waals surface area (Å²) in [5.74, 6) is 1.83. The maximum Gasteiger partial charge on any atom is 0.130 e. The number of aromatic nitrogens is 2. The van der Waals surface area contributed by atoms with Gasteiger partial charge in [-0.3, -0.25) is 0 Å². The molecule has 0 bridgehead atoms. The lowest BCUT2D eigenvalue weighted by Crippen LogP contribution is -2.40. The summed E-state index contributed by atoms with van der Waals surface area (Å²) in [6.07, 6.45) is 3.60. The number of hydrogen-bond acceptors (Lipinski definition) is 5. The Kier molecular flexibility index (Phi) is 6.58. The third kappa shape index (κ3) is 5.54. The molecule has 5 nitrogen and oxygen atoms in total. The molecule has 0 saturated carbocycles. The highest BCUT2D eigenvalue weighted by atomic mass is 16.5. The van der Waals surface area contributed by atoms with Crippen LogP contribution in [-0.2, 0) is 11.2 Å².